The molecule has 0 amide bonds. The van der Waals surface area contributed by atoms with Crippen LogP contribution in [0.5, 0.6) is 5.75 Å². The van der Waals surface area contributed by atoms with E-state index >= 15 is 0 Å². The van der Waals surface area contributed by atoms with Gasteiger partial charge in [-0.25, -0.2) is 0 Å². The minimum Gasteiger partial charge on any atom is -0.496 e. The second kappa shape index (κ2) is 7.02. The van der Waals surface area contributed by atoms with E-state index in [1.165, 1.54) is 18.4 Å². The molecule has 1 aromatic rings. The van der Waals surface area contributed by atoms with E-state index in [-0.39, 0.29) is 0 Å². The molecule has 18 heavy (non-hydrogen) atoms. The van der Waals surface area contributed by atoms with Crippen LogP contribution >= 0.6 is 11.8 Å². The van der Waals surface area contributed by atoms with Crippen LogP contribution in [-0.2, 0) is 17.0 Å². The Kier molecular flexibility index (Phi) is 5.35. The molecule has 2 rings (SSSR count). The Morgan fingerprint density at radius 1 is 1.39 bits per heavy atom. The van der Waals surface area contributed by atoms with Gasteiger partial charge in [-0.2, -0.15) is 11.8 Å². The molecule has 0 saturated carbocycles. The molecule has 4 heteroatoms. The van der Waals surface area contributed by atoms with Gasteiger partial charge in [0, 0.05) is 36.3 Å². The number of hydrogen-bond donors (Lipinski definition) is 1. The van der Waals surface area contributed by atoms with Crippen LogP contribution in [0.1, 0.15) is 24.0 Å². The first-order valence-electron chi connectivity index (χ1n) is 6.38. The van der Waals surface area contributed by atoms with Crippen LogP contribution in [0.4, 0.5) is 0 Å². The van der Waals surface area contributed by atoms with Gasteiger partial charge in [-0.15, -0.1) is 0 Å². The van der Waals surface area contributed by atoms with Crippen molar-refractivity contribution in [3.8, 4) is 5.75 Å². The average molecular weight is 267 g/mol. The van der Waals surface area contributed by atoms with Crippen LogP contribution < -0.4 is 10.5 Å². The fraction of sp³-hybridized carbons (Fsp3) is 0.571. The first-order chi connectivity index (χ1) is 8.83. The number of ether oxygens (including phenoxy) is 2. The van der Waals surface area contributed by atoms with Gasteiger partial charge in [0.05, 0.1) is 7.11 Å². The Bertz CT molecular complexity index is 378. The second-order valence-corrected chi connectivity index (χ2v) is 5.76. The lowest BCUT2D eigenvalue weighted by molar-refractivity contribution is 0.1000. The van der Waals surface area contributed by atoms with E-state index in [1.807, 2.05) is 17.8 Å². The van der Waals surface area contributed by atoms with E-state index in [0.29, 0.717) is 6.54 Å². The van der Waals surface area contributed by atoms with Crippen molar-refractivity contribution in [1.29, 1.82) is 0 Å². The third-order valence-electron chi connectivity index (χ3n) is 3.22. The quantitative estimate of drug-likeness (QED) is 0.890. The smallest absolute Gasteiger partial charge is 0.123 e. The molecule has 1 heterocycles. The van der Waals surface area contributed by atoms with Crippen molar-refractivity contribution in [2.45, 2.75) is 30.4 Å². The number of nitrogens with two attached hydrogens (primary N) is 1. The zero-order valence-electron chi connectivity index (χ0n) is 10.9. The highest BCUT2D eigenvalue weighted by Crippen LogP contribution is 2.27. The molecule has 0 atom stereocenters. The summed E-state index contributed by atoms with van der Waals surface area (Å²) < 4.78 is 10.7. The van der Waals surface area contributed by atoms with Crippen LogP contribution in [0.3, 0.4) is 0 Å². The molecule has 100 valence electrons. The van der Waals surface area contributed by atoms with Crippen LogP contribution in [0, 0.1) is 0 Å². The van der Waals surface area contributed by atoms with E-state index in [4.69, 9.17) is 15.2 Å². The molecule has 1 aromatic carbocycles. The van der Waals surface area contributed by atoms with Gasteiger partial charge >= 0.3 is 0 Å². The Morgan fingerprint density at radius 3 is 2.83 bits per heavy atom. The lowest BCUT2D eigenvalue weighted by Crippen LogP contribution is -2.17. The second-order valence-electron chi connectivity index (χ2n) is 4.47. The predicted molar refractivity (Wildman–Crippen MR) is 76.0 cm³/mol. The maximum absolute atomic E-state index is 5.73. The van der Waals surface area contributed by atoms with Gasteiger partial charge in [0.15, 0.2) is 0 Å². The molecule has 2 N–H and O–H groups in total. The summed E-state index contributed by atoms with van der Waals surface area (Å²) in [5.74, 6) is 1.93. The molecule has 0 unspecified atom stereocenters. The van der Waals surface area contributed by atoms with Gasteiger partial charge in [-0.1, -0.05) is 6.07 Å². The molecule has 0 radical (unpaired) electrons. The number of thioether (sulfide) groups is 1. The van der Waals surface area contributed by atoms with Gasteiger partial charge in [0.2, 0.25) is 0 Å². The summed E-state index contributed by atoms with van der Waals surface area (Å²) in [6, 6.07) is 6.30. The summed E-state index contributed by atoms with van der Waals surface area (Å²) in [5.41, 5.74) is 8.14. The van der Waals surface area contributed by atoms with Gasteiger partial charge in [0.1, 0.15) is 5.75 Å². The van der Waals surface area contributed by atoms with Crippen molar-refractivity contribution in [3.05, 3.63) is 29.3 Å². The molecule has 1 aliphatic rings. The highest BCUT2D eigenvalue weighted by atomic mass is 32.2. The SMILES string of the molecule is COc1ccc(CSC2CCOCC2)cc1CN. The zero-order valence-corrected chi connectivity index (χ0v) is 11.7. The number of methoxy groups -OCH3 is 1. The highest BCUT2D eigenvalue weighted by Gasteiger charge is 2.14. The third kappa shape index (κ3) is 3.64. The van der Waals surface area contributed by atoms with Crippen LogP contribution in [0.15, 0.2) is 18.2 Å². The van der Waals surface area contributed by atoms with Gasteiger partial charge in [-0.3, -0.25) is 0 Å². The minimum absolute atomic E-state index is 0.527. The minimum atomic E-state index is 0.527. The fourth-order valence-corrected chi connectivity index (χ4v) is 3.27. The first kappa shape index (κ1) is 13.7. The van der Waals surface area contributed by atoms with Crippen molar-refractivity contribution in [2.24, 2.45) is 5.73 Å². The van der Waals surface area contributed by atoms with E-state index in [9.17, 15) is 0 Å². The summed E-state index contributed by atoms with van der Waals surface area (Å²) in [7, 11) is 1.69. The molecule has 1 fully saturated rings. The third-order valence-corrected chi connectivity index (χ3v) is 4.66. The van der Waals surface area contributed by atoms with Gasteiger partial charge in [0.25, 0.3) is 0 Å². The summed E-state index contributed by atoms with van der Waals surface area (Å²) in [6.45, 7) is 2.35. The normalized spacial score (nSPS) is 16.8. The van der Waals surface area contributed by atoms with Crippen molar-refractivity contribution in [2.75, 3.05) is 20.3 Å². The summed E-state index contributed by atoms with van der Waals surface area (Å²) in [5, 5.41) is 0.738. The molecular weight excluding hydrogens is 246 g/mol. The van der Waals surface area contributed by atoms with Crippen molar-refractivity contribution < 1.29 is 9.47 Å². The fourth-order valence-electron chi connectivity index (χ4n) is 2.14. The Hall–Kier alpha value is -0.710. The molecule has 0 aliphatic carbocycles. The molecule has 0 spiro atoms. The van der Waals surface area contributed by atoms with Gasteiger partial charge in [-0.05, 0) is 30.5 Å². The van der Waals surface area contributed by atoms with Crippen LogP contribution in [-0.4, -0.2) is 25.6 Å². The van der Waals surface area contributed by atoms with Crippen molar-refractivity contribution in [3.63, 3.8) is 0 Å². The molecule has 0 aromatic heterocycles. The maximum atomic E-state index is 5.73. The summed E-state index contributed by atoms with van der Waals surface area (Å²) >= 11 is 2.02. The molecule has 1 aliphatic heterocycles. The number of benzene rings is 1. The zero-order chi connectivity index (χ0) is 12.8. The summed E-state index contributed by atoms with van der Waals surface area (Å²) in [6.07, 6.45) is 2.34. The van der Waals surface area contributed by atoms with Crippen LogP contribution in [0.25, 0.3) is 0 Å². The Labute approximate surface area is 113 Å². The number of hydrogen-bond acceptors (Lipinski definition) is 4. The standard InChI is InChI=1S/C14H21NO2S/c1-16-14-3-2-11(8-12(14)9-15)10-18-13-4-6-17-7-5-13/h2-3,8,13H,4-7,9-10,15H2,1H3. The van der Waals surface area contributed by atoms with Gasteiger partial charge < -0.3 is 15.2 Å². The van der Waals surface area contributed by atoms with Crippen molar-refractivity contribution in [1.82, 2.24) is 0 Å². The largest absolute Gasteiger partial charge is 0.496 e. The van der Waals surface area contributed by atoms with E-state index in [0.717, 1.165) is 35.5 Å². The lowest BCUT2D eigenvalue weighted by Gasteiger charge is -2.21. The monoisotopic (exact) mass is 267 g/mol. The first-order valence-corrected chi connectivity index (χ1v) is 7.43. The Morgan fingerprint density at radius 2 is 2.17 bits per heavy atom. The molecule has 3 nitrogen and oxygen atoms in total. The predicted octanol–water partition coefficient (Wildman–Crippen LogP) is 2.57. The van der Waals surface area contributed by atoms with E-state index in [1.54, 1.807) is 7.11 Å². The summed E-state index contributed by atoms with van der Waals surface area (Å²) in [4.78, 5) is 0. The molecule has 0 bridgehead atoms. The lowest BCUT2D eigenvalue weighted by atomic mass is 10.1. The van der Waals surface area contributed by atoms with E-state index < -0.39 is 0 Å². The highest BCUT2D eigenvalue weighted by molar-refractivity contribution is 7.99. The topological polar surface area (TPSA) is 44.5 Å². The van der Waals surface area contributed by atoms with Crippen LogP contribution in [0.2, 0.25) is 0 Å². The Balaban J connectivity index is 1.92. The van der Waals surface area contributed by atoms with E-state index in [2.05, 4.69) is 12.1 Å². The molecular formula is C14H21NO2S. The number of rotatable bonds is 5. The average Bonchev–Trinajstić information content (AvgIpc) is 2.45. The maximum Gasteiger partial charge on any atom is 0.123 e. The van der Waals surface area contributed by atoms with Crippen molar-refractivity contribution >= 4 is 11.8 Å². The molecule has 1 saturated heterocycles.